The smallest absolute Gasteiger partial charge is 0.338 e. The zero-order chi connectivity index (χ0) is 27.1. The van der Waals surface area contributed by atoms with Gasteiger partial charge in [-0.25, -0.2) is 4.79 Å². The molecule has 0 aliphatic rings. The molecular formula is C28H36O10. The Hall–Kier alpha value is -3.31. The maximum atomic E-state index is 11.7. The quantitative estimate of drug-likeness (QED) is 0.102. The Bertz CT molecular complexity index is 904. The second-order valence-electron chi connectivity index (χ2n) is 7.88. The van der Waals surface area contributed by atoms with Crippen LogP contribution >= 0.6 is 0 Å². The van der Waals surface area contributed by atoms with Gasteiger partial charge in [0.25, 0.3) is 0 Å². The number of carbonyl (C=O) groups is 3. The predicted octanol–water partition coefficient (Wildman–Crippen LogP) is 3.58. The lowest BCUT2D eigenvalue weighted by Crippen LogP contribution is -2.14. The summed E-state index contributed by atoms with van der Waals surface area (Å²) in [5, 5.41) is 0. The third-order valence-corrected chi connectivity index (χ3v) is 4.84. The first-order chi connectivity index (χ1) is 18.6. The monoisotopic (exact) mass is 532 g/mol. The van der Waals surface area contributed by atoms with Gasteiger partial charge in [-0.3, -0.25) is 9.59 Å². The number of carbonyl (C=O) groups excluding carboxylic acids is 3. The minimum Gasteiger partial charge on any atom is -0.463 e. The van der Waals surface area contributed by atoms with E-state index < -0.39 is 0 Å². The molecule has 38 heavy (non-hydrogen) atoms. The van der Waals surface area contributed by atoms with Crippen LogP contribution in [0.4, 0.5) is 0 Å². The van der Waals surface area contributed by atoms with Crippen LogP contribution in [0, 0.1) is 0 Å². The summed E-state index contributed by atoms with van der Waals surface area (Å²) in [6.45, 7) is 2.31. The van der Waals surface area contributed by atoms with E-state index in [1.165, 1.54) is 0 Å². The van der Waals surface area contributed by atoms with Gasteiger partial charge in [-0.1, -0.05) is 36.4 Å². The average molecular weight is 533 g/mol. The highest BCUT2D eigenvalue weighted by Crippen LogP contribution is 2.09. The highest BCUT2D eigenvalue weighted by molar-refractivity contribution is 5.89. The first-order valence-corrected chi connectivity index (χ1v) is 12.6. The topological polar surface area (TPSA) is 116 Å². The molecule has 0 spiro atoms. The molecule has 0 radical (unpaired) electrons. The first kappa shape index (κ1) is 30.9. The van der Waals surface area contributed by atoms with E-state index in [0.29, 0.717) is 44.0 Å². The van der Waals surface area contributed by atoms with E-state index >= 15 is 0 Å². The van der Waals surface area contributed by atoms with E-state index in [1.807, 2.05) is 12.1 Å². The first-order valence-electron chi connectivity index (χ1n) is 12.6. The number of benzene rings is 2. The second-order valence-corrected chi connectivity index (χ2v) is 7.88. The van der Waals surface area contributed by atoms with E-state index in [2.05, 4.69) is 0 Å². The molecule has 0 heterocycles. The summed E-state index contributed by atoms with van der Waals surface area (Å²) in [4.78, 5) is 35.1. The van der Waals surface area contributed by atoms with Crippen molar-refractivity contribution < 1.29 is 47.5 Å². The number of para-hydroxylation sites is 1. The fourth-order valence-electron chi connectivity index (χ4n) is 2.94. The molecule has 0 bridgehead atoms. The zero-order valence-electron chi connectivity index (χ0n) is 21.5. The Morgan fingerprint density at radius 2 is 1.13 bits per heavy atom. The largest absolute Gasteiger partial charge is 0.463 e. The number of hydrogen-bond donors (Lipinski definition) is 0. The van der Waals surface area contributed by atoms with Gasteiger partial charge in [-0.2, -0.15) is 0 Å². The molecular weight excluding hydrogens is 496 g/mol. The lowest BCUT2D eigenvalue weighted by atomic mass is 10.2. The predicted molar refractivity (Wildman–Crippen MR) is 137 cm³/mol. The molecule has 2 aromatic carbocycles. The van der Waals surface area contributed by atoms with Crippen LogP contribution in [-0.2, 0) is 38.0 Å². The molecule has 208 valence electrons. The molecule has 0 aliphatic heterocycles. The Labute approximate surface area is 223 Å². The highest BCUT2D eigenvalue weighted by atomic mass is 16.7. The minimum absolute atomic E-state index is 0.117. The third kappa shape index (κ3) is 15.7. The number of esters is 3. The molecule has 0 amide bonds. The van der Waals surface area contributed by atoms with Crippen molar-refractivity contribution in [3.05, 3.63) is 66.2 Å². The van der Waals surface area contributed by atoms with E-state index in [9.17, 15) is 14.4 Å². The van der Waals surface area contributed by atoms with Crippen LogP contribution in [-0.4, -0.2) is 77.6 Å². The van der Waals surface area contributed by atoms with Crippen LogP contribution in [0.5, 0.6) is 5.75 Å². The van der Waals surface area contributed by atoms with Crippen molar-refractivity contribution in [1.29, 1.82) is 0 Å². The summed E-state index contributed by atoms with van der Waals surface area (Å²) in [5.74, 6) is -0.573. The van der Waals surface area contributed by atoms with Crippen molar-refractivity contribution in [2.24, 2.45) is 0 Å². The average Bonchev–Trinajstić information content (AvgIpc) is 2.94. The van der Waals surface area contributed by atoms with Crippen LogP contribution in [0.2, 0.25) is 0 Å². The van der Waals surface area contributed by atoms with Gasteiger partial charge in [0.15, 0.2) is 0 Å². The van der Waals surface area contributed by atoms with Gasteiger partial charge in [-0.05, 0) is 37.1 Å². The number of hydrogen-bond acceptors (Lipinski definition) is 10. The Kier molecular flexibility index (Phi) is 16.8. The van der Waals surface area contributed by atoms with Crippen LogP contribution in [0.25, 0.3) is 0 Å². The van der Waals surface area contributed by atoms with Gasteiger partial charge in [-0.15, -0.1) is 0 Å². The molecule has 0 atom stereocenters. The summed E-state index contributed by atoms with van der Waals surface area (Å²) >= 11 is 0. The van der Waals surface area contributed by atoms with Crippen molar-refractivity contribution in [3.63, 3.8) is 0 Å². The summed E-state index contributed by atoms with van der Waals surface area (Å²) in [5.41, 5.74) is 0.506. The van der Waals surface area contributed by atoms with Gasteiger partial charge in [0, 0.05) is 13.0 Å². The van der Waals surface area contributed by atoms with Gasteiger partial charge in [0.1, 0.15) is 25.8 Å². The number of rotatable bonds is 21. The molecule has 10 nitrogen and oxygen atoms in total. The number of ether oxygens (including phenoxy) is 7. The normalized spacial score (nSPS) is 10.6. The van der Waals surface area contributed by atoms with Crippen LogP contribution in [0.1, 0.15) is 36.0 Å². The summed E-state index contributed by atoms with van der Waals surface area (Å²) < 4.78 is 36.6. The standard InChI is InChI=1S/C28H36O10/c29-26(36-21-19-32-16-14-27(30)38-25-11-5-2-6-12-25)13-7-8-15-34-23-35-18-17-33-20-22-37-28(31)24-9-3-1-4-10-24/h1-6,9-12H,7-8,13-23H2. The van der Waals surface area contributed by atoms with E-state index in [-0.39, 0.29) is 70.6 Å². The van der Waals surface area contributed by atoms with Crippen molar-refractivity contribution in [3.8, 4) is 5.75 Å². The molecule has 0 unspecified atom stereocenters. The Balaban J connectivity index is 1.28. The molecule has 0 aliphatic carbocycles. The summed E-state index contributed by atoms with van der Waals surface area (Å²) in [6.07, 6.45) is 1.74. The zero-order valence-corrected chi connectivity index (χ0v) is 21.5. The lowest BCUT2D eigenvalue weighted by Gasteiger charge is -2.08. The van der Waals surface area contributed by atoms with Gasteiger partial charge >= 0.3 is 17.9 Å². The molecule has 0 aromatic heterocycles. The molecule has 2 aromatic rings. The maximum Gasteiger partial charge on any atom is 0.338 e. The van der Waals surface area contributed by atoms with Crippen LogP contribution < -0.4 is 4.74 Å². The maximum absolute atomic E-state index is 11.7. The summed E-state index contributed by atoms with van der Waals surface area (Å²) in [7, 11) is 0. The van der Waals surface area contributed by atoms with Gasteiger partial charge < -0.3 is 33.2 Å². The molecule has 0 fully saturated rings. The highest BCUT2D eigenvalue weighted by Gasteiger charge is 2.06. The second kappa shape index (κ2) is 20.7. The Morgan fingerprint density at radius 1 is 0.526 bits per heavy atom. The third-order valence-electron chi connectivity index (χ3n) is 4.84. The van der Waals surface area contributed by atoms with Crippen LogP contribution in [0.15, 0.2) is 60.7 Å². The number of unbranched alkanes of at least 4 members (excludes halogenated alkanes) is 1. The SMILES string of the molecule is O=C(CCCCOCOCCOCCOC(=O)c1ccccc1)OCCOCCC(=O)Oc1ccccc1. The molecule has 10 heteroatoms. The van der Waals surface area contributed by atoms with Crippen molar-refractivity contribution in [2.45, 2.75) is 25.7 Å². The molecule has 0 saturated carbocycles. The van der Waals surface area contributed by atoms with Gasteiger partial charge in [0.05, 0.1) is 45.0 Å². The van der Waals surface area contributed by atoms with E-state index in [1.54, 1.807) is 48.5 Å². The fraction of sp³-hybridized carbons (Fsp3) is 0.464. The lowest BCUT2D eigenvalue weighted by molar-refractivity contribution is -0.146. The molecule has 2 rings (SSSR count). The van der Waals surface area contributed by atoms with E-state index in [0.717, 1.165) is 0 Å². The molecule has 0 saturated heterocycles. The molecule has 0 N–H and O–H groups in total. The van der Waals surface area contributed by atoms with Gasteiger partial charge in [0.2, 0.25) is 0 Å². The summed E-state index contributed by atoms with van der Waals surface area (Å²) in [6, 6.07) is 17.6. The van der Waals surface area contributed by atoms with E-state index in [4.69, 9.17) is 33.2 Å². The van der Waals surface area contributed by atoms with Crippen LogP contribution in [0.3, 0.4) is 0 Å². The Morgan fingerprint density at radius 3 is 1.89 bits per heavy atom. The fourth-order valence-corrected chi connectivity index (χ4v) is 2.94. The minimum atomic E-state index is -0.381. The van der Waals surface area contributed by atoms with Crippen molar-refractivity contribution >= 4 is 17.9 Å². The van der Waals surface area contributed by atoms with Crippen molar-refractivity contribution in [2.75, 3.05) is 59.6 Å². The van der Waals surface area contributed by atoms with Crippen molar-refractivity contribution in [1.82, 2.24) is 0 Å².